The van der Waals surface area contributed by atoms with Crippen LogP contribution in [0.25, 0.3) is 0 Å². The molecule has 0 spiro atoms. The average Bonchev–Trinajstić information content (AvgIpc) is 2.15. The third-order valence-corrected chi connectivity index (χ3v) is 2.06. The van der Waals surface area contributed by atoms with Crippen molar-refractivity contribution in [2.75, 3.05) is 0 Å². The van der Waals surface area contributed by atoms with Crippen LogP contribution < -0.4 is 0 Å². The van der Waals surface area contributed by atoms with Crippen LogP contribution in [0.2, 0.25) is 0 Å². The molecule has 0 fully saturated rings. The van der Waals surface area contributed by atoms with E-state index >= 15 is 0 Å². The number of Topliss-reactive ketones (excluding diaryl/α,β-unsaturated/α-hetero) is 1. The maximum Gasteiger partial charge on any atom is 0.303 e. The maximum atomic E-state index is 11.5. The van der Waals surface area contributed by atoms with Crippen LogP contribution in [0.1, 0.15) is 12.8 Å². The highest BCUT2D eigenvalue weighted by molar-refractivity contribution is 5.88. The molecule has 1 aliphatic carbocycles. The zero-order chi connectivity index (χ0) is 10.6. The molecule has 0 saturated carbocycles. The molecule has 0 saturated heterocycles. The van der Waals surface area contributed by atoms with E-state index in [-0.39, 0.29) is 24.5 Å². The molecular formula is C11H12O3. The molecular weight excluding hydrogens is 180 g/mol. The van der Waals surface area contributed by atoms with E-state index in [0.717, 1.165) is 5.57 Å². The first-order chi connectivity index (χ1) is 6.61. The van der Waals surface area contributed by atoms with E-state index in [1.165, 1.54) is 0 Å². The van der Waals surface area contributed by atoms with Crippen LogP contribution in [-0.2, 0) is 9.59 Å². The van der Waals surface area contributed by atoms with E-state index in [1.807, 2.05) is 6.08 Å². The number of carbonyl (C=O) groups is 2. The normalized spacial score (nSPS) is 19.7. The summed E-state index contributed by atoms with van der Waals surface area (Å²) in [4.78, 5) is 21.8. The quantitative estimate of drug-likeness (QED) is 0.737. The summed E-state index contributed by atoms with van der Waals surface area (Å²) in [6.45, 7) is 3.74. The fourth-order valence-corrected chi connectivity index (χ4v) is 1.28. The summed E-state index contributed by atoms with van der Waals surface area (Å²) < 4.78 is 0. The molecule has 0 aromatic carbocycles. The van der Waals surface area contributed by atoms with Gasteiger partial charge in [-0.15, -0.1) is 0 Å². The summed E-state index contributed by atoms with van der Waals surface area (Å²) >= 11 is 0. The Morgan fingerprint density at radius 2 is 2.07 bits per heavy atom. The molecule has 14 heavy (non-hydrogen) atoms. The minimum Gasteiger partial charge on any atom is -0.481 e. The number of ketones is 1. The number of carbonyl (C=O) groups excluding carboxylic acids is 1. The fraction of sp³-hybridized carbons (Fsp3) is 0.273. The highest BCUT2D eigenvalue weighted by Crippen LogP contribution is 2.19. The standard InChI is InChI=1S/C11H12O3/c1-8-4-2-3-5-9(8)10(12)6-7-11(13)14/h2-5,9H,1,6-7H2,(H,13,14). The van der Waals surface area contributed by atoms with E-state index in [0.29, 0.717) is 0 Å². The monoisotopic (exact) mass is 192 g/mol. The number of hydrogen-bond donors (Lipinski definition) is 1. The van der Waals surface area contributed by atoms with Gasteiger partial charge in [0.1, 0.15) is 5.78 Å². The number of hydrogen-bond acceptors (Lipinski definition) is 2. The Balaban J connectivity index is 2.52. The lowest BCUT2D eigenvalue weighted by molar-refractivity contribution is -0.138. The Bertz CT molecular complexity index is 323. The summed E-state index contributed by atoms with van der Waals surface area (Å²) in [5, 5.41) is 8.42. The van der Waals surface area contributed by atoms with Gasteiger partial charge in [0.2, 0.25) is 0 Å². The van der Waals surface area contributed by atoms with Crippen LogP contribution in [0.4, 0.5) is 0 Å². The highest BCUT2D eigenvalue weighted by atomic mass is 16.4. The van der Waals surface area contributed by atoms with E-state index in [9.17, 15) is 9.59 Å². The summed E-state index contributed by atoms with van der Waals surface area (Å²) in [7, 11) is 0. The number of carboxylic acid groups (broad SMARTS) is 1. The maximum absolute atomic E-state index is 11.5. The van der Waals surface area contributed by atoms with Gasteiger partial charge in [0.15, 0.2) is 0 Å². The van der Waals surface area contributed by atoms with Crippen molar-refractivity contribution < 1.29 is 14.7 Å². The van der Waals surface area contributed by atoms with Crippen molar-refractivity contribution in [1.29, 1.82) is 0 Å². The van der Waals surface area contributed by atoms with Crippen LogP contribution in [0.5, 0.6) is 0 Å². The van der Waals surface area contributed by atoms with Crippen LogP contribution in [0.15, 0.2) is 36.5 Å². The average molecular weight is 192 g/mol. The van der Waals surface area contributed by atoms with Gasteiger partial charge in [-0.05, 0) is 5.57 Å². The van der Waals surface area contributed by atoms with Gasteiger partial charge < -0.3 is 5.11 Å². The predicted octanol–water partition coefficient (Wildman–Crippen LogP) is 1.72. The fourth-order valence-electron chi connectivity index (χ4n) is 1.28. The van der Waals surface area contributed by atoms with E-state index < -0.39 is 5.97 Å². The largest absolute Gasteiger partial charge is 0.481 e. The van der Waals surface area contributed by atoms with Crippen LogP contribution >= 0.6 is 0 Å². The van der Waals surface area contributed by atoms with Gasteiger partial charge in [0, 0.05) is 6.42 Å². The number of aliphatic carboxylic acids is 1. The van der Waals surface area contributed by atoms with Crippen LogP contribution in [0, 0.1) is 5.92 Å². The second-order valence-corrected chi connectivity index (χ2v) is 3.16. The first kappa shape index (κ1) is 10.4. The smallest absolute Gasteiger partial charge is 0.303 e. The lowest BCUT2D eigenvalue weighted by Gasteiger charge is -2.13. The van der Waals surface area contributed by atoms with Crippen molar-refractivity contribution in [3.8, 4) is 0 Å². The second-order valence-electron chi connectivity index (χ2n) is 3.16. The Labute approximate surface area is 82.4 Å². The van der Waals surface area contributed by atoms with Gasteiger partial charge in [0.25, 0.3) is 0 Å². The Morgan fingerprint density at radius 3 is 2.64 bits per heavy atom. The third kappa shape index (κ3) is 2.69. The third-order valence-electron chi connectivity index (χ3n) is 2.06. The molecule has 0 aromatic rings. The van der Waals surface area contributed by atoms with Crippen LogP contribution in [0.3, 0.4) is 0 Å². The summed E-state index contributed by atoms with van der Waals surface area (Å²) in [6, 6.07) is 0. The minimum atomic E-state index is -0.945. The first-order valence-corrected chi connectivity index (χ1v) is 4.39. The molecule has 0 aromatic heterocycles. The van der Waals surface area contributed by atoms with Crippen molar-refractivity contribution in [3.05, 3.63) is 36.5 Å². The van der Waals surface area contributed by atoms with Crippen molar-refractivity contribution in [2.24, 2.45) is 5.92 Å². The topological polar surface area (TPSA) is 54.4 Å². The Kier molecular flexibility index (Phi) is 3.40. The molecule has 1 N–H and O–H groups in total. The molecule has 3 nitrogen and oxygen atoms in total. The van der Waals surface area contributed by atoms with E-state index in [2.05, 4.69) is 6.58 Å². The van der Waals surface area contributed by atoms with Gasteiger partial charge in [-0.1, -0.05) is 30.9 Å². The second kappa shape index (κ2) is 4.56. The van der Waals surface area contributed by atoms with Crippen molar-refractivity contribution in [3.63, 3.8) is 0 Å². The molecule has 3 heteroatoms. The molecule has 1 unspecified atom stereocenters. The van der Waals surface area contributed by atoms with Crippen molar-refractivity contribution >= 4 is 11.8 Å². The molecule has 1 aliphatic rings. The van der Waals surface area contributed by atoms with Gasteiger partial charge in [-0.3, -0.25) is 9.59 Å². The number of carboxylic acids is 1. The zero-order valence-corrected chi connectivity index (χ0v) is 7.77. The molecule has 0 heterocycles. The van der Waals surface area contributed by atoms with Crippen LogP contribution in [-0.4, -0.2) is 16.9 Å². The summed E-state index contributed by atoms with van der Waals surface area (Å²) in [5.74, 6) is -1.36. The summed E-state index contributed by atoms with van der Waals surface area (Å²) in [5.41, 5.74) is 0.725. The first-order valence-electron chi connectivity index (χ1n) is 4.39. The van der Waals surface area contributed by atoms with Gasteiger partial charge in [0.05, 0.1) is 12.3 Å². The van der Waals surface area contributed by atoms with E-state index in [1.54, 1.807) is 18.2 Å². The van der Waals surface area contributed by atoms with Gasteiger partial charge in [-0.25, -0.2) is 0 Å². The molecule has 74 valence electrons. The highest BCUT2D eigenvalue weighted by Gasteiger charge is 2.18. The number of allylic oxidation sites excluding steroid dienone is 5. The molecule has 1 rings (SSSR count). The molecule has 1 atom stereocenters. The summed E-state index contributed by atoms with van der Waals surface area (Å²) in [6.07, 6.45) is 7.05. The molecule has 0 radical (unpaired) electrons. The molecule has 0 amide bonds. The predicted molar refractivity (Wildman–Crippen MR) is 52.8 cm³/mol. The molecule has 0 aliphatic heterocycles. The molecule has 0 bridgehead atoms. The Morgan fingerprint density at radius 1 is 1.36 bits per heavy atom. The zero-order valence-electron chi connectivity index (χ0n) is 7.77. The minimum absolute atomic E-state index is 0.0667. The van der Waals surface area contributed by atoms with Crippen molar-refractivity contribution in [1.82, 2.24) is 0 Å². The lowest BCUT2D eigenvalue weighted by Crippen LogP contribution is -2.15. The van der Waals surface area contributed by atoms with Gasteiger partial charge in [-0.2, -0.15) is 0 Å². The SMILES string of the molecule is C=C1C=CC=CC1C(=O)CCC(=O)O. The number of rotatable bonds is 4. The Hall–Kier alpha value is -1.64. The van der Waals surface area contributed by atoms with Crippen molar-refractivity contribution in [2.45, 2.75) is 12.8 Å². The lowest BCUT2D eigenvalue weighted by atomic mass is 9.90. The van der Waals surface area contributed by atoms with E-state index in [4.69, 9.17) is 5.11 Å². The van der Waals surface area contributed by atoms with Gasteiger partial charge >= 0.3 is 5.97 Å².